The second kappa shape index (κ2) is 10.5. The number of thiocarbonyl (C=S) groups is 1. The van der Waals surface area contributed by atoms with E-state index in [9.17, 15) is 4.79 Å². The molecule has 0 fully saturated rings. The van der Waals surface area contributed by atoms with Gasteiger partial charge in [-0.2, -0.15) is 0 Å². The van der Waals surface area contributed by atoms with Crippen LogP contribution in [-0.4, -0.2) is 30.7 Å². The first-order valence-corrected chi connectivity index (χ1v) is 9.64. The molecule has 27 heavy (non-hydrogen) atoms. The Hall–Kier alpha value is -2.60. The average molecular weight is 386 g/mol. The van der Waals surface area contributed by atoms with Crippen LogP contribution in [0.1, 0.15) is 26.3 Å². The number of benzene rings is 2. The number of hydrogen-bond acceptors (Lipinski definition) is 4. The molecule has 0 bridgehead atoms. The van der Waals surface area contributed by atoms with Crippen molar-refractivity contribution in [3.8, 4) is 5.75 Å². The Balaban J connectivity index is 1.79. The van der Waals surface area contributed by atoms with Gasteiger partial charge in [0.25, 0.3) is 5.91 Å². The van der Waals surface area contributed by atoms with Crippen molar-refractivity contribution >= 4 is 34.6 Å². The summed E-state index contributed by atoms with van der Waals surface area (Å²) in [5.74, 6) is 0.361. The maximum absolute atomic E-state index is 12.0. The van der Waals surface area contributed by atoms with E-state index < -0.39 is 0 Å². The third-order valence-corrected chi connectivity index (χ3v) is 4.41. The highest BCUT2D eigenvalue weighted by atomic mass is 32.1. The third-order valence-electron chi connectivity index (χ3n) is 4.21. The second-order valence-corrected chi connectivity index (χ2v) is 6.42. The Labute approximate surface area is 166 Å². The lowest BCUT2D eigenvalue weighted by molar-refractivity contribution is -0.121. The molecular formula is C21H27N3O2S. The fraction of sp³-hybridized carbons (Fsp3) is 0.333. The maximum atomic E-state index is 12.0. The van der Waals surface area contributed by atoms with Gasteiger partial charge in [-0.3, -0.25) is 10.1 Å². The molecule has 2 aromatic rings. The van der Waals surface area contributed by atoms with Gasteiger partial charge in [0, 0.05) is 24.5 Å². The van der Waals surface area contributed by atoms with Crippen molar-refractivity contribution in [1.82, 2.24) is 5.32 Å². The predicted octanol–water partition coefficient (Wildman–Crippen LogP) is 3.99. The van der Waals surface area contributed by atoms with E-state index in [1.54, 1.807) is 0 Å². The zero-order valence-electron chi connectivity index (χ0n) is 16.1. The summed E-state index contributed by atoms with van der Waals surface area (Å²) in [7, 11) is 0. The molecule has 0 radical (unpaired) electrons. The summed E-state index contributed by atoms with van der Waals surface area (Å²) < 4.78 is 5.48. The number of hydrogen-bond donors (Lipinski definition) is 2. The highest BCUT2D eigenvalue weighted by molar-refractivity contribution is 7.80. The Morgan fingerprint density at radius 2 is 1.63 bits per heavy atom. The topological polar surface area (TPSA) is 53.6 Å². The Morgan fingerprint density at radius 3 is 2.19 bits per heavy atom. The number of ether oxygens (including phenoxy) is 1. The molecule has 2 aromatic carbocycles. The van der Waals surface area contributed by atoms with Gasteiger partial charge >= 0.3 is 0 Å². The number of nitrogens with one attached hydrogen (secondary N) is 2. The summed E-state index contributed by atoms with van der Waals surface area (Å²) in [6, 6.07) is 15.6. The first-order chi connectivity index (χ1) is 13.0. The molecular weight excluding hydrogens is 358 g/mol. The van der Waals surface area contributed by atoms with Gasteiger partial charge in [0.2, 0.25) is 0 Å². The van der Waals surface area contributed by atoms with Crippen LogP contribution in [0, 0.1) is 0 Å². The van der Waals surface area contributed by atoms with E-state index in [1.807, 2.05) is 48.5 Å². The first-order valence-electron chi connectivity index (χ1n) is 9.23. The molecule has 2 rings (SSSR count). The molecule has 6 heteroatoms. The van der Waals surface area contributed by atoms with E-state index in [0.29, 0.717) is 5.75 Å². The van der Waals surface area contributed by atoms with Gasteiger partial charge in [-0.05, 0) is 74.4 Å². The highest BCUT2D eigenvalue weighted by Crippen LogP contribution is 2.17. The lowest BCUT2D eigenvalue weighted by Gasteiger charge is -2.21. The fourth-order valence-electron chi connectivity index (χ4n) is 2.64. The Morgan fingerprint density at radius 1 is 1.00 bits per heavy atom. The van der Waals surface area contributed by atoms with Gasteiger partial charge in [0.1, 0.15) is 5.75 Å². The third kappa shape index (κ3) is 6.57. The van der Waals surface area contributed by atoms with E-state index >= 15 is 0 Å². The normalized spacial score (nSPS) is 10.2. The van der Waals surface area contributed by atoms with E-state index in [2.05, 4.69) is 36.3 Å². The minimum Gasteiger partial charge on any atom is -0.484 e. The molecule has 0 heterocycles. The van der Waals surface area contributed by atoms with E-state index in [0.717, 1.165) is 30.9 Å². The maximum Gasteiger partial charge on any atom is 0.264 e. The summed E-state index contributed by atoms with van der Waals surface area (Å²) in [6.45, 7) is 8.17. The lowest BCUT2D eigenvalue weighted by Crippen LogP contribution is -2.37. The van der Waals surface area contributed by atoms with Crippen LogP contribution in [-0.2, 0) is 11.2 Å². The second-order valence-electron chi connectivity index (χ2n) is 6.01. The minimum absolute atomic E-state index is 0.0891. The highest BCUT2D eigenvalue weighted by Gasteiger charge is 2.07. The van der Waals surface area contributed by atoms with E-state index in [-0.39, 0.29) is 17.6 Å². The largest absolute Gasteiger partial charge is 0.484 e. The molecule has 0 saturated carbocycles. The molecule has 0 aliphatic carbocycles. The van der Waals surface area contributed by atoms with Crippen LogP contribution in [0.4, 0.5) is 11.4 Å². The van der Waals surface area contributed by atoms with Gasteiger partial charge in [-0.25, -0.2) is 0 Å². The molecule has 1 amide bonds. The molecule has 0 aromatic heterocycles. The molecule has 144 valence electrons. The number of carbonyl (C=O) groups is 1. The molecule has 0 aliphatic rings. The molecule has 2 N–H and O–H groups in total. The van der Waals surface area contributed by atoms with Crippen LogP contribution in [0.2, 0.25) is 0 Å². The monoisotopic (exact) mass is 385 g/mol. The van der Waals surface area contributed by atoms with Crippen molar-refractivity contribution in [3.05, 3.63) is 54.1 Å². The Kier molecular flexibility index (Phi) is 8.07. The van der Waals surface area contributed by atoms with Crippen molar-refractivity contribution in [1.29, 1.82) is 0 Å². The number of anilines is 2. The molecule has 0 aliphatic heterocycles. The van der Waals surface area contributed by atoms with Gasteiger partial charge in [0.15, 0.2) is 11.7 Å². The number of amides is 1. The van der Waals surface area contributed by atoms with Crippen molar-refractivity contribution in [2.24, 2.45) is 0 Å². The van der Waals surface area contributed by atoms with Gasteiger partial charge < -0.3 is 15.0 Å². The summed E-state index contributed by atoms with van der Waals surface area (Å²) in [5, 5.41) is 5.89. The van der Waals surface area contributed by atoms with Crippen LogP contribution in [0.5, 0.6) is 5.75 Å². The smallest absolute Gasteiger partial charge is 0.264 e. The lowest BCUT2D eigenvalue weighted by atomic mass is 10.2. The standard InChI is InChI=1S/C21H27N3O2S/c1-4-16-7-13-19(14-8-16)26-15-20(25)23-21(27)22-17-9-11-18(12-10-17)24(5-2)6-3/h7-14H,4-6,15H2,1-3H3,(H2,22,23,25,27). The summed E-state index contributed by atoms with van der Waals surface area (Å²) >= 11 is 5.20. The van der Waals surface area contributed by atoms with E-state index in [1.165, 1.54) is 5.56 Å². The Bertz CT molecular complexity index is 741. The van der Waals surface area contributed by atoms with Crippen LogP contribution < -0.4 is 20.3 Å². The number of rotatable bonds is 8. The molecule has 0 unspecified atom stereocenters. The zero-order valence-corrected chi connectivity index (χ0v) is 16.9. The van der Waals surface area contributed by atoms with Crippen LogP contribution in [0.3, 0.4) is 0 Å². The van der Waals surface area contributed by atoms with Crippen LogP contribution in [0.15, 0.2) is 48.5 Å². The number of carbonyl (C=O) groups excluding carboxylic acids is 1. The van der Waals surface area contributed by atoms with Crippen molar-refractivity contribution in [2.75, 3.05) is 29.9 Å². The van der Waals surface area contributed by atoms with Crippen molar-refractivity contribution in [2.45, 2.75) is 27.2 Å². The summed E-state index contributed by atoms with van der Waals surface area (Å²) in [6.07, 6.45) is 0.969. The summed E-state index contributed by atoms with van der Waals surface area (Å²) in [4.78, 5) is 14.2. The zero-order chi connectivity index (χ0) is 19.6. The summed E-state index contributed by atoms with van der Waals surface area (Å²) in [5.41, 5.74) is 3.21. The molecule has 5 nitrogen and oxygen atoms in total. The molecule has 0 saturated heterocycles. The van der Waals surface area contributed by atoms with Crippen LogP contribution in [0.25, 0.3) is 0 Å². The first kappa shape index (κ1) is 20.7. The quantitative estimate of drug-likeness (QED) is 0.673. The van der Waals surface area contributed by atoms with Crippen LogP contribution >= 0.6 is 12.2 Å². The fourth-order valence-corrected chi connectivity index (χ4v) is 2.87. The molecule has 0 spiro atoms. The van der Waals surface area contributed by atoms with E-state index in [4.69, 9.17) is 17.0 Å². The SMILES string of the molecule is CCc1ccc(OCC(=O)NC(=S)Nc2ccc(N(CC)CC)cc2)cc1. The molecule has 0 atom stereocenters. The minimum atomic E-state index is -0.299. The van der Waals surface area contributed by atoms with Crippen molar-refractivity contribution < 1.29 is 9.53 Å². The number of aryl methyl sites for hydroxylation is 1. The van der Waals surface area contributed by atoms with Crippen molar-refractivity contribution in [3.63, 3.8) is 0 Å². The average Bonchev–Trinajstić information content (AvgIpc) is 2.69. The predicted molar refractivity (Wildman–Crippen MR) is 116 cm³/mol. The van der Waals surface area contributed by atoms with Gasteiger partial charge in [0.05, 0.1) is 0 Å². The van der Waals surface area contributed by atoms with Gasteiger partial charge in [-0.15, -0.1) is 0 Å². The van der Waals surface area contributed by atoms with Gasteiger partial charge in [-0.1, -0.05) is 19.1 Å². The number of nitrogens with zero attached hydrogens (tertiary/aromatic N) is 1.